The van der Waals surface area contributed by atoms with Gasteiger partial charge < -0.3 is 20.6 Å². The lowest BCUT2D eigenvalue weighted by Gasteiger charge is -2.32. The number of phenols is 1. The Labute approximate surface area is 146 Å². The van der Waals surface area contributed by atoms with Crippen molar-refractivity contribution in [1.82, 2.24) is 15.5 Å². The maximum absolute atomic E-state index is 9.30. The van der Waals surface area contributed by atoms with Crippen molar-refractivity contribution < 1.29 is 5.11 Å². The van der Waals surface area contributed by atoms with Crippen LogP contribution in [0.5, 0.6) is 5.75 Å². The van der Waals surface area contributed by atoms with Gasteiger partial charge in [-0.2, -0.15) is 0 Å². The van der Waals surface area contributed by atoms with E-state index < -0.39 is 0 Å². The second-order valence-corrected chi connectivity index (χ2v) is 6.53. The third-order valence-corrected chi connectivity index (χ3v) is 4.56. The van der Waals surface area contributed by atoms with Gasteiger partial charge in [0.15, 0.2) is 5.96 Å². The largest absolute Gasteiger partial charge is 0.508 e. The zero-order chi connectivity index (χ0) is 17.2. The minimum Gasteiger partial charge on any atom is -0.508 e. The maximum atomic E-state index is 9.30. The van der Waals surface area contributed by atoms with Gasteiger partial charge in [-0.15, -0.1) is 0 Å². The molecule has 1 heterocycles. The average molecular weight is 332 g/mol. The molecule has 1 aromatic carbocycles. The number of hydrogen-bond acceptors (Lipinski definition) is 3. The van der Waals surface area contributed by atoms with Gasteiger partial charge in [0.05, 0.1) is 0 Å². The highest BCUT2D eigenvalue weighted by Crippen LogP contribution is 2.11. The third kappa shape index (κ3) is 6.40. The molecule has 1 saturated heterocycles. The fraction of sp³-hybridized carbons (Fsp3) is 0.632. The van der Waals surface area contributed by atoms with Crippen molar-refractivity contribution in [3.8, 4) is 5.75 Å². The number of aliphatic imine (C=N–C) groups is 1. The highest BCUT2D eigenvalue weighted by molar-refractivity contribution is 5.79. The highest BCUT2D eigenvalue weighted by atomic mass is 16.3. The van der Waals surface area contributed by atoms with E-state index in [1.807, 2.05) is 19.2 Å². The van der Waals surface area contributed by atoms with Crippen molar-refractivity contribution >= 4 is 5.96 Å². The summed E-state index contributed by atoms with van der Waals surface area (Å²) in [4.78, 5) is 6.89. The molecule has 0 aliphatic carbocycles. The molecule has 24 heavy (non-hydrogen) atoms. The van der Waals surface area contributed by atoms with E-state index in [9.17, 15) is 5.11 Å². The number of nitrogens with zero attached hydrogens (tertiary/aromatic N) is 2. The Balaban J connectivity index is 1.63. The summed E-state index contributed by atoms with van der Waals surface area (Å²) in [5.41, 5.74) is 1.25. The Kier molecular flexibility index (Phi) is 7.89. The summed E-state index contributed by atoms with van der Waals surface area (Å²) in [6, 6.07) is 7.97. The average Bonchev–Trinajstić information content (AvgIpc) is 2.61. The molecule has 2 rings (SSSR count). The van der Waals surface area contributed by atoms with Gasteiger partial charge >= 0.3 is 0 Å². The lowest BCUT2D eigenvalue weighted by molar-refractivity contribution is 0.206. The van der Waals surface area contributed by atoms with Crippen LogP contribution >= 0.6 is 0 Å². The molecule has 3 N–H and O–H groups in total. The van der Waals surface area contributed by atoms with Crippen LogP contribution in [0.25, 0.3) is 0 Å². The second-order valence-electron chi connectivity index (χ2n) is 6.53. The molecule has 0 bridgehead atoms. The molecule has 0 saturated carbocycles. The van der Waals surface area contributed by atoms with Gasteiger partial charge in [-0.3, -0.25) is 4.99 Å². The van der Waals surface area contributed by atoms with Crippen molar-refractivity contribution in [1.29, 1.82) is 0 Å². The summed E-state index contributed by atoms with van der Waals surface area (Å²) in [6.45, 7) is 6.73. The summed E-state index contributed by atoms with van der Waals surface area (Å²) in [5, 5.41) is 16.3. The van der Waals surface area contributed by atoms with Gasteiger partial charge in [-0.05, 0) is 56.3 Å². The number of likely N-dealkylation sites (tertiary alicyclic amines) is 1. The van der Waals surface area contributed by atoms with Gasteiger partial charge in [0.1, 0.15) is 5.75 Å². The maximum Gasteiger partial charge on any atom is 0.191 e. The normalized spacial score (nSPS) is 17.0. The molecule has 0 unspecified atom stereocenters. The van der Waals surface area contributed by atoms with Crippen molar-refractivity contribution in [2.24, 2.45) is 4.99 Å². The molecule has 5 nitrogen and oxygen atoms in total. The first-order valence-electron chi connectivity index (χ1n) is 9.18. The summed E-state index contributed by atoms with van der Waals surface area (Å²) in [5.74, 6) is 1.24. The van der Waals surface area contributed by atoms with Crippen LogP contribution in [0.3, 0.4) is 0 Å². The smallest absolute Gasteiger partial charge is 0.191 e. The van der Waals surface area contributed by atoms with Gasteiger partial charge in [-0.1, -0.05) is 19.1 Å². The van der Waals surface area contributed by atoms with Gasteiger partial charge in [0.2, 0.25) is 0 Å². The number of piperidine rings is 1. The number of benzene rings is 1. The van der Waals surface area contributed by atoms with Crippen LogP contribution < -0.4 is 10.6 Å². The molecule has 0 aromatic heterocycles. The first-order chi connectivity index (χ1) is 11.7. The van der Waals surface area contributed by atoms with E-state index in [-0.39, 0.29) is 0 Å². The van der Waals surface area contributed by atoms with Crippen LogP contribution in [-0.4, -0.2) is 55.2 Å². The SMILES string of the molecule is CCCN1CCC(NC(=NC)NCCCc2ccc(O)cc2)CC1. The zero-order valence-corrected chi connectivity index (χ0v) is 15.1. The zero-order valence-electron chi connectivity index (χ0n) is 15.1. The molecule has 1 aromatic rings. The first-order valence-corrected chi connectivity index (χ1v) is 9.18. The number of phenolic OH excluding ortho intramolecular Hbond substituents is 1. The van der Waals surface area contributed by atoms with Crippen LogP contribution in [0.4, 0.5) is 0 Å². The number of aromatic hydroxyl groups is 1. The number of aryl methyl sites for hydroxylation is 1. The Hall–Kier alpha value is -1.75. The Bertz CT molecular complexity index is 493. The van der Waals surface area contributed by atoms with Crippen molar-refractivity contribution in [2.75, 3.05) is 33.2 Å². The summed E-state index contributed by atoms with van der Waals surface area (Å²) < 4.78 is 0. The number of hydrogen-bond donors (Lipinski definition) is 3. The fourth-order valence-corrected chi connectivity index (χ4v) is 3.17. The molecule has 1 aliphatic heterocycles. The Morgan fingerprint density at radius 1 is 1.25 bits per heavy atom. The molecule has 5 heteroatoms. The predicted molar refractivity (Wildman–Crippen MR) is 101 cm³/mol. The van der Waals surface area contributed by atoms with Crippen LogP contribution in [-0.2, 0) is 6.42 Å². The Morgan fingerprint density at radius 2 is 1.96 bits per heavy atom. The van der Waals surface area contributed by atoms with E-state index in [0.717, 1.165) is 25.3 Å². The van der Waals surface area contributed by atoms with Crippen molar-refractivity contribution in [2.45, 2.75) is 45.1 Å². The van der Waals surface area contributed by atoms with E-state index in [0.29, 0.717) is 11.8 Å². The summed E-state index contributed by atoms with van der Waals surface area (Å²) >= 11 is 0. The Morgan fingerprint density at radius 3 is 2.58 bits per heavy atom. The molecule has 0 atom stereocenters. The fourth-order valence-electron chi connectivity index (χ4n) is 3.17. The van der Waals surface area contributed by atoms with Gasteiger partial charge in [0, 0.05) is 32.7 Å². The summed E-state index contributed by atoms with van der Waals surface area (Å²) in [7, 11) is 1.83. The molecule has 0 spiro atoms. The van der Waals surface area contributed by atoms with Crippen molar-refractivity contribution in [3.63, 3.8) is 0 Å². The molecular formula is C19H32N4O. The van der Waals surface area contributed by atoms with E-state index in [2.05, 4.69) is 27.4 Å². The molecule has 1 aliphatic rings. The second kappa shape index (κ2) is 10.2. The quantitative estimate of drug-likeness (QED) is 0.408. The molecule has 1 fully saturated rings. The first kappa shape index (κ1) is 18.6. The number of guanidine groups is 1. The lowest BCUT2D eigenvalue weighted by atomic mass is 10.1. The minimum atomic E-state index is 0.325. The number of rotatable bonds is 7. The van der Waals surface area contributed by atoms with Crippen LogP contribution in [0.15, 0.2) is 29.3 Å². The van der Waals surface area contributed by atoms with Crippen LogP contribution in [0.1, 0.15) is 38.2 Å². The number of nitrogens with one attached hydrogen (secondary N) is 2. The molecular weight excluding hydrogens is 300 g/mol. The van der Waals surface area contributed by atoms with Gasteiger partial charge in [0.25, 0.3) is 0 Å². The standard InChI is InChI=1S/C19H32N4O/c1-3-13-23-14-10-17(11-15-23)22-19(20-2)21-12-4-5-16-6-8-18(24)9-7-16/h6-9,17,24H,3-5,10-15H2,1-2H3,(H2,20,21,22). The summed E-state index contributed by atoms with van der Waals surface area (Å²) in [6.07, 6.45) is 5.66. The van der Waals surface area contributed by atoms with E-state index >= 15 is 0 Å². The molecule has 134 valence electrons. The van der Waals surface area contributed by atoms with E-state index in [1.165, 1.54) is 44.5 Å². The lowest BCUT2D eigenvalue weighted by Crippen LogP contribution is -2.48. The van der Waals surface area contributed by atoms with E-state index in [4.69, 9.17) is 0 Å². The monoisotopic (exact) mass is 332 g/mol. The molecule has 0 amide bonds. The topological polar surface area (TPSA) is 59.9 Å². The third-order valence-electron chi connectivity index (χ3n) is 4.56. The van der Waals surface area contributed by atoms with E-state index in [1.54, 1.807) is 12.1 Å². The molecule has 0 radical (unpaired) electrons. The predicted octanol–water partition coefficient (Wildman–Crippen LogP) is 2.36. The highest BCUT2D eigenvalue weighted by Gasteiger charge is 2.19. The van der Waals surface area contributed by atoms with Crippen LogP contribution in [0, 0.1) is 0 Å². The van der Waals surface area contributed by atoms with Crippen molar-refractivity contribution in [3.05, 3.63) is 29.8 Å². The minimum absolute atomic E-state index is 0.325. The van der Waals surface area contributed by atoms with Gasteiger partial charge in [-0.25, -0.2) is 0 Å². The van der Waals surface area contributed by atoms with Crippen LogP contribution in [0.2, 0.25) is 0 Å².